The fraction of sp³-hybridized carbons (Fsp3) is 0.167. The first kappa shape index (κ1) is 13.6. The molecule has 6 nitrogen and oxygen atoms in total. The Bertz CT molecular complexity index is 557. The summed E-state index contributed by atoms with van der Waals surface area (Å²) in [5, 5.41) is 0. The van der Waals surface area contributed by atoms with Gasteiger partial charge in [0.05, 0.1) is 0 Å². The van der Waals surface area contributed by atoms with Crippen molar-refractivity contribution in [3.8, 4) is 0 Å². The summed E-state index contributed by atoms with van der Waals surface area (Å²) in [5.41, 5.74) is 9.28. The Morgan fingerprint density at radius 1 is 1.26 bits per heavy atom. The first-order valence-corrected chi connectivity index (χ1v) is 6.44. The molecule has 2 aromatic rings. The Labute approximate surface area is 119 Å². The topological polar surface area (TPSA) is 93.1 Å². The number of nitrogen functional groups attached to an aromatic ring is 2. The molecule has 0 aliphatic rings. The number of aromatic nitrogens is 2. The highest BCUT2D eigenvalue weighted by atomic mass is 79.9. The Morgan fingerprint density at radius 3 is 2.58 bits per heavy atom. The molecule has 7 heteroatoms. The zero-order valence-electron chi connectivity index (χ0n) is 10.5. The summed E-state index contributed by atoms with van der Waals surface area (Å²) in [6.45, 7) is 0.716. The number of nitrogens with zero attached hydrogens (tertiary/aromatic N) is 3. The second-order valence-electron chi connectivity index (χ2n) is 4.10. The van der Waals surface area contributed by atoms with Crippen molar-refractivity contribution in [3.63, 3.8) is 0 Å². The van der Waals surface area contributed by atoms with E-state index in [9.17, 15) is 0 Å². The van der Waals surface area contributed by atoms with Gasteiger partial charge in [0.15, 0.2) is 0 Å². The van der Waals surface area contributed by atoms with Gasteiger partial charge in [-0.05, 0) is 17.7 Å². The summed E-state index contributed by atoms with van der Waals surface area (Å²) in [5.74, 6) is 6.73. The number of nitrogens with one attached hydrogen (secondary N) is 1. The first-order chi connectivity index (χ1) is 9.08. The highest BCUT2D eigenvalue weighted by molar-refractivity contribution is 9.10. The molecule has 19 heavy (non-hydrogen) atoms. The number of hydrogen-bond acceptors (Lipinski definition) is 6. The van der Waals surface area contributed by atoms with Crippen molar-refractivity contribution in [2.75, 3.05) is 23.1 Å². The van der Waals surface area contributed by atoms with Crippen LogP contribution in [0.5, 0.6) is 0 Å². The zero-order chi connectivity index (χ0) is 13.8. The molecular formula is C12H15BrN6. The number of rotatable bonds is 4. The maximum Gasteiger partial charge on any atom is 0.223 e. The molecule has 2 rings (SSSR count). The van der Waals surface area contributed by atoms with E-state index in [1.165, 1.54) is 5.56 Å². The van der Waals surface area contributed by atoms with Crippen LogP contribution in [-0.4, -0.2) is 17.0 Å². The SMILES string of the molecule is CN(Cc1ccc(Br)cc1)c1cc(NN)nc(N)n1. The summed E-state index contributed by atoms with van der Waals surface area (Å²) >= 11 is 3.41. The van der Waals surface area contributed by atoms with Crippen LogP contribution in [0.4, 0.5) is 17.6 Å². The molecule has 0 saturated heterocycles. The van der Waals surface area contributed by atoms with Gasteiger partial charge in [0, 0.05) is 24.1 Å². The van der Waals surface area contributed by atoms with Crippen molar-refractivity contribution in [2.45, 2.75) is 6.54 Å². The van der Waals surface area contributed by atoms with Gasteiger partial charge in [-0.2, -0.15) is 9.97 Å². The number of anilines is 3. The van der Waals surface area contributed by atoms with Crippen molar-refractivity contribution >= 4 is 33.5 Å². The predicted molar refractivity (Wildman–Crippen MR) is 80.5 cm³/mol. The third-order valence-corrected chi connectivity index (χ3v) is 3.13. The van der Waals surface area contributed by atoms with Crippen LogP contribution in [0, 0.1) is 0 Å². The van der Waals surface area contributed by atoms with Gasteiger partial charge in [0.25, 0.3) is 0 Å². The molecule has 1 heterocycles. The van der Waals surface area contributed by atoms with Crippen LogP contribution in [0.3, 0.4) is 0 Å². The van der Waals surface area contributed by atoms with Crippen molar-refractivity contribution in [3.05, 3.63) is 40.4 Å². The fourth-order valence-corrected chi connectivity index (χ4v) is 1.93. The highest BCUT2D eigenvalue weighted by Gasteiger charge is 2.07. The van der Waals surface area contributed by atoms with Crippen LogP contribution in [0.1, 0.15) is 5.56 Å². The van der Waals surface area contributed by atoms with E-state index >= 15 is 0 Å². The first-order valence-electron chi connectivity index (χ1n) is 5.65. The van der Waals surface area contributed by atoms with E-state index < -0.39 is 0 Å². The Hall–Kier alpha value is -1.86. The van der Waals surface area contributed by atoms with Crippen LogP contribution >= 0.6 is 15.9 Å². The third kappa shape index (κ3) is 3.55. The van der Waals surface area contributed by atoms with E-state index in [0.29, 0.717) is 18.2 Å². The van der Waals surface area contributed by atoms with Gasteiger partial charge in [-0.1, -0.05) is 28.1 Å². The molecule has 0 spiro atoms. The number of hydrogen-bond donors (Lipinski definition) is 3. The molecule has 0 atom stereocenters. The van der Waals surface area contributed by atoms with Crippen LogP contribution in [0.2, 0.25) is 0 Å². The van der Waals surface area contributed by atoms with E-state index in [1.807, 2.05) is 36.2 Å². The van der Waals surface area contributed by atoms with E-state index in [-0.39, 0.29) is 5.95 Å². The quantitative estimate of drug-likeness (QED) is 0.586. The van der Waals surface area contributed by atoms with Gasteiger partial charge >= 0.3 is 0 Å². The minimum absolute atomic E-state index is 0.188. The molecule has 0 bridgehead atoms. The van der Waals surface area contributed by atoms with Gasteiger partial charge in [-0.15, -0.1) is 0 Å². The second kappa shape index (κ2) is 5.85. The van der Waals surface area contributed by atoms with Crippen LogP contribution in [0.15, 0.2) is 34.8 Å². The second-order valence-corrected chi connectivity index (χ2v) is 5.01. The number of nitrogens with two attached hydrogens (primary N) is 2. The van der Waals surface area contributed by atoms with Gasteiger partial charge < -0.3 is 16.1 Å². The smallest absolute Gasteiger partial charge is 0.223 e. The summed E-state index contributed by atoms with van der Waals surface area (Å²) in [6, 6.07) is 9.85. The van der Waals surface area contributed by atoms with Crippen molar-refractivity contribution in [1.29, 1.82) is 0 Å². The highest BCUT2D eigenvalue weighted by Crippen LogP contribution is 2.18. The predicted octanol–water partition coefficient (Wildman–Crippen LogP) is 1.74. The Balaban J connectivity index is 2.17. The van der Waals surface area contributed by atoms with E-state index in [1.54, 1.807) is 6.07 Å². The maximum absolute atomic E-state index is 5.64. The molecular weight excluding hydrogens is 308 g/mol. The van der Waals surface area contributed by atoms with Crippen molar-refractivity contribution < 1.29 is 0 Å². The third-order valence-electron chi connectivity index (χ3n) is 2.60. The lowest BCUT2D eigenvalue weighted by Gasteiger charge is -2.19. The summed E-state index contributed by atoms with van der Waals surface area (Å²) in [4.78, 5) is 10.1. The molecule has 0 radical (unpaired) electrons. The molecule has 1 aromatic heterocycles. The zero-order valence-corrected chi connectivity index (χ0v) is 12.1. The average Bonchev–Trinajstić information content (AvgIpc) is 2.40. The summed E-state index contributed by atoms with van der Waals surface area (Å²) in [6.07, 6.45) is 0. The molecule has 0 amide bonds. The number of benzene rings is 1. The summed E-state index contributed by atoms with van der Waals surface area (Å²) in [7, 11) is 1.93. The van der Waals surface area contributed by atoms with Crippen molar-refractivity contribution in [2.24, 2.45) is 5.84 Å². The molecule has 0 saturated carbocycles. The number of halogens is 1. The fourth-order valence-electron chi connectivity index (χ4n) is 1.67. The van der Waals surface area contributed by atoms with E-state index in [2.05, 4.69) is 31.3 Å². The molecule has 0 aliphatic heterocycles. The van der Waals surface area contributed by atoms with Gasteiger partial charge in [0.2, 0.25) is 5.95 Å². The van der Waals surface area contributed by atoms with Crippen LogP contribution < -0.4 is 21.9 Å². The van der Waals surface area contributed by atoms with E-state index in [4.69, 9.17) is 11.6 Å². The molecule has 5 N–H and O–H groups in total. The minimum Gasteiger partial charge on any atom is -0.368 e. The van der Waals surface area contributed by atoms with Crippen LogP contribution in [-0.2, 0) is 6.54 Å². The Kier molecular flexibility index (Phi) is 4.18. The minimum atomic E-state index is 0.188. The molecule has 1 aromatic carbocycles. The normalized spacial score (nSPS) is 10.3. The molecule has 100 valence electrons. The lowest BCUT2D eigenvalue weighted by Crippen LogP contribution is -2.19. The largest absolute Gasteiger partial charge is 0.368 e. The van der Waals surface area contributed by atoms with E-state index in [0.717, 1.165) is 4.47 Å². The number of hydrazine groups is 1. The monoisotopic (exact) mass is 322 g/mol. The lowest BCUT2D eigenvalue weighted by atomic mass is 10.2. The standard InChI is InChI=1S/C12H15BrN6/c1-19(7-8-2-4-9(13)5-3-8)11-6-10(18-15)16-12(14)17-11/h2-6H,7,15H2,1H3,(H3,14,16,17,18). The summed E-state index contributed by atoms with van der Waals surface area (Å²) < 4.78 is 1.06. The van der Waals surface area contributed by atoms with Crippen molar-refractivity contribution in [1.82, 2.24) is 9.97 Å². The maximum atomic E-state index is 5.64. The van der Waals surface area contributed by atoms with Gasteiger partial charge in [0.1, 0.15) is 11.6 Å². The Morgan fingerprint density at radius 2 is 1.95 bits per heavy atom. The molecule has 0 unspecified atom stereocenters. The average molecular weight is 323 g/mol. The lowest BCUT2D eigenvalue weighted by molar-refractivity contribution is 0.893. The van der Waals surface area contributed by atoms with Gasteiger partial charge in [-0.25, -0.2) is 5.84 Å². The van der Waals surface area contributed by atoms with Crippen LogP contribution in [0.25, 0.3) is 0 Å². The van der Waals surface area contributed by atoms with Gasteiger partial charge in [-0.3, -0.25) is 0 Å². The molecule has 0 fully saturated rings. The molecule has 0 aliphatic carbocycles.